The van der Waals surface area contributed by atoms with Gasteiger partial charge in [0.2, 0.25) is 0 Å². The Balaban J connectivity index is 1.29. The third kappa shape index (κ3) is 6.06. The largest absolute Gasteiger partial charge is 0.497 e. The van der Waals surface area contributed by atoms with E-state index in [4.69, 9.17) is 4.74 Å². The molecule has 0 N–H and O–H groups in total. The zero-order valence-corrected chi connectivity index (χ0v) is 21.6. The number of methoxy groups -OCH3 is 1. The molecule has 1 saturated carbocycles. The van der Waals surface area contributed by atoms with Crippen molar-refractivity contribution in [1.82, 2.24) is 0 Å². The summed E-state index contributed by atoms with van der Waals surface area (Å²) in [6, 6.07) is 15.4. The molecular weight excluding hydrogens is 430 g/mol. The van der Waals surface area contributed by atoms with Crippen molar-refractivity contribution in [2.24, 2.45) is 11.8 Å². The Hall–Kier alpha value is -1.68. The van der Waals surface area contributed by atoms with Gasteiger partial charge in [0.25, 0.3) is 0 Å². The minimum Gasteiger partial charge on any atom is -0.497 e. The highest BCUT2D eigenvalue weighted by atomic mass is 28.3. The lowest BCUT2D eigenvalue weighted by Gasteiger charge is -2.32. The summed E-state index contributed by atoms with van der Waals surface area (Å²) in [6.07, 6.45) is 11.4. The normalized spacial score (nSPS) is 25.7. The molecule has 1 aliphatic heterocycles. The minimum atomic E-state index is -0.720. The summed E-state index contributed by atoms with van der Waals surface area (Å²) in [5.74, 6) is 1.22. The molecule has 4 rings (SSSR count). The molecule has 0 aromatic heterocycles. The van der Waals surface area contributed by atoms with Gasteiger partial charge in [-0.3, -0.25) is 0 Å². The maximum atomic E-state index is 15.1. The summed E-state index contributed by atoms with van der Waals surface area (Å²) >= 11 is 0. The van der Waals surface area contributed by atoms with Crippen LogP contribution in [0.3, 0.4) is 0 Å². The van der Waals surface area contributed by atoms with Crippen molar-refractivity contribution in [3.05, 3.63) is 53.6 Å². The third-order valence-electron chi connectivity index (χ3n) is 8.45. The Bertz CT molecular complexity index is 881. The van der Waals surface area contributed by atoms with Crippen LogP contribution in [0, 0.1) is 23.5 Å². The second-order valence-electron chi connectivity index (χ2n) is 10.5. The van der Waals surface area contributed by atoms with E-state index < -0.39 is 11.6 Å². The van der Waals surface area contributed by atoms with E-state index in [1.165, 1.54) is 32.1 Å². The molecule has 0 radical (unpaired) electrons. The lowest BCUT2D eigenvalue weighted by Crippen LogP contribution is -2.22. The van der Waals surface area contributed by atoms with Crippen LogP contribution in [0.4, 0.5) is 8.78 Å². The summed E-state index contributed by atoms with van der Waals surface area (Å²) in [6.45, 7) is 2.34. The van der Waals surface area contributed by atoms with E-state index in [1.807, 2.05) is 6.07 Å². The summed E-state index contributed by atoms with van der Waals surface area (Å²) in [4.78, 5) is 0. The van der Waals surface area contributed by atoms with Crippen molar-refractivity contribution >= 4 is 8.80 Å². The highest BCUT2D eigenvalue weighted by Crippen LogP contribution is 2.41. The molecule has 2 aromatic rings. The molecule has 0 atom stereocenters. The Labute approximate surface area is 200 Å². The molecule has 1 heterocycles. The molecule has 2 aliphatic rings. The first kappa shape index (κ1) is 24.4. The third-order valence-corrected chi connectivity index (χ3v) is 12.1. The molecule has 1 nitrogen and oxygen atoms in total. The summed E-state index contributed by atoms with van der Waals surface area (Å²) in [5.41, 5.74) is 1.57. The average Bonchev–Trinajstić information content (AvgIpc) is 2.86. The number of benzene rings is 2. The van der Waals surface area contributed by atoms with Crippen molar-refractivity contribution < 1.29 is 13.5 Å². The molecular formula is C29H40F2OSi. The first-order valence-corrected chi connectivity index (χ1v) is 15.7. The van der Waals surface area contributed by atoms with Gasteiger partial charge in [0.05, 0.1) is 7.11 Å². The molecule has 4 heteroatoms. The fourth-order valence-electron chi connectivity index (χ4n) is 6.32. The van der Waals surface area contributed by atoms with Crippen molar-refractivity contribution in [1.29, 1.82) is 0 Å². The topological polar surface area (TPSA) is 9.23 Å². The van der Waals surface area contributed by atoms with Crippen LogP contribution in [-0.4, -0.2) is 15.9 Å². The molecule has 0 spiro atoms. The van der Waals surface area contributed by atoms with Crippen LogP contribution < -0.4 is 4.74 Å². The second kappa shape index (κ2) is 11.6. The number of rotatable bonds is 8. The maximum Gasteiger partial charge on any atom is 0.166 e. The monoisotopic (exact) mass is 470 g/mol. The van der Waals surface area contributed by atoms with Crippen LogP contribution in [0.5, 0.6) is 5.75 Å². The van der Waals surface area contributed by atoms with Crippen LogP contribution in [-0.2, 0) is 0 Å². The van der Waals surface area contributed by atoms with E-state index >= 15 is 4.39 Å². The van der Waals surface area contributed by atoms with Crippen molar-refractivity contribution in [3.63, 3.8) is 0 Å². The summed E-state index contributed by atoms with van der Waals surface area (Å²) < 4.78 is 35.2. The van der Waals surface area contributed by atoms with Crippen LogP contribution in [0.2, 0.25) is 18.1 Å². The first-order valence-electron chi connectivity index (χ1n) is 13.2. The van der Waals surface area contributed by atoms with Gasteiger partial charge in [0, 0.05) is 14.4 Å². The molecule has 2 aromatic carbocycles. The fourth-order valence-corrected chi connectivity index (χ4v) is 9.89. The van der Waals surface area contributed by atoms with Gasteiger partial charge in [-0.05, 0) is 66.7 Å². The molecule has 0 bridgehead atoms. The molecule has 2 fully saturated rings. The fraction of sp³-hybridized carbons (Fsp3) is 0.586. The molecule has 0 unspecified atom stereocenters. The molecule has 0 amide bonds. The van der Waals surface area contributed by atoms with Crippen molar-refractivity contribution in [2.45, 2.75) is 88.8 Å². The first-order chi connectivity index (χ1) is 16.1. The minimum absolute atomic E-state index is 0.149. The smallest absolute Gasteiger partial charge is 0.166 e. The van der Waals surface area contributed by atoms with Gasteiger partial charge in [-0.15, -0.1) is 0 Å². The van der Waals surface area contributed by atoms with Crippen LogP contribution in [0.15, 0.2) is 36.4 Å². The lowest BCUT2D eigenvalue weighted by atomic mass is 9.76. The van der Waals surface area contributed by atoms with Gasteiger partial charge in [-0.25, -0.2) is 8.78 Å². The number of hydrogen-bond donors (Lipinski definition) is 0. The SMILES string of the molecule is CCC[Si@H]1CC[C@H](CC[C@H]2CC[C@H](c3ccc(-c4ccc(OC)cc4)c(F)c3F)CC2)CC1. The number of halogens is 2. The molecule has 1 aliphatic carbocycles. The van der Waals surface area contributed by atoms with Gasteiger partial charge >= 0.3 is 0 Å². The highest BCUT2D eigenvalue weighted by molar-refractivity contribution is 6.58. The molecule has 33 heavy (non-hydrogen) atoms. The van der Waals surface area contributed by atoms with Crippen molar-refractivity contribution in [3.8, 4) is 16.9 Å². The van der Waals surface area contributed by atoms with Crippen LogP contribution >= 0.6 is 0 Å². The van der Waals surface area contributed by atoms with E-state index in [2.05, 4.69) is 6.92 Å². The number of ether oxygens (including phenoxy) is 1. The molecule has 1 saturated heterocycles. The lowest BCUT2D eigenvalue weighted by molar-refractivity contribution is 0.277. The quantitative estimate of drug-likeness (QED) is 0.350. The average molecular weight is 471 g/mol. The van der Waals surface area contributed by atoms with Crippen LogP contribution in [0.1, 0.15) is 76.2 Å². The van der Waals surface area contributed by atoms with Gasteiger partial charge in [-0.1, -0.05) is 81.4 Å². The van der Waals surface area contributed by atoms with Crippen LogP contribution in [0.25, 0.3) is 11.1 Å². The summed E-state index contributed by atoms with van der Waals surface area (Å²) in [7, 11) is 1.22. The molecule has 180 valence electrons. The Morgan fingerprint density at radius 3 is 2.06 bits per heavy atom. The Morgan fingerprint density at radius 2 is 1.45 bits per heavy atom. The number of hydrogen-bond acceptors (Lipinski definition) is 1. The Kier molecular flexibility index (Phi) is 8.62. The zero-order valence-electron chi connectivity index (χ0n) is 20.4. The summed E-state index contributed by atoms with van der Waals surface area (Å²) in [5, 5.41) is 0. The van der Waals surface area contributed by atoms with Gasteiger partial charge < -0.3 is 4.74 Å². The standard InChI is InChI=1S/C29H40F2OSi/c1-3-18-33-19-16-22(17-20-33)5-4-21-6-8-23(9-7-21)26-14-15-27(29(31)28(26)30)24-10-12-25(32-2)13-11-24/h10-15,21-23,33H,3-9,16-20H2,1-2H3/t21-,22-,23-,33-. The van der Waals surface area contributed by atoms with E-state index in [9.17, 15) is 4.39 Å². The zero-order chi connectivity index (χ0) is 23.2. The van der Waals surface area contributed by atoms with Crippen molar-refractivity contribution in [2.75, 3.05) is 7.11 Å². The van der Waals surface area contributed by atoms with Gasteiger partial charge in [0.1, 0.15) is 5.75 Å². The Morgan fingerprint density at radius 1 is 0.818 bits per heavy atom. The predicted molar refractivity (Wildman–Crippen MR) is 137 cm³/mol. The van der Waals surface area contributed by atoms with E-state index in [0.29, 0.717) is 22.4 Å². The van der Waals surface area contributed by atoms with E-state index in [0.717, 1.165) is 37.5 Å². The maximum absolute atomic E-state index is 15.1. The highest BCUT2D eigenvalue weighted by Gasteiger charge is 2.28. The van der Waals surface area contributed by atoms with Gasteiger partial charge in [-0.2, -0.15) is 0 Å². The second-order valence-corrected chi connectivity index (χ2v) is 14.0. The van der Waals surface area contributed by atoms with E-state index in [-0.39, 0.29) is 14.7 Å². The van der Waals surface area contributed by atoms with E-state index in [1.54, 1.807) is 55.6 Å². The van der Waals surface area contributed by atoms with Gasteiger partial charge in [0.15, 0.2) is 11.6 Å². The predicted octanol–water partition coefficient (Wildman–Crippen LogP) is 8.74.